The lowest BCUT2D eigenvalue weighted by molar-refractivity contribution is 0.164. The predicted octanol–water partition coefficient (Wildman–Crippen LogP) is 7.91. The van der Waals surface area contributed by atoms with Crippen LogP contribution in [0.15, 0.2) is 60.7 Å². The van der Waals surface area contributed by atoms with Crippen LogP contribution in [-0.4, -0.2) is 0 Å². The Labute approximate surface area is 172 Å². The van der Waals surface area contributed by atoms with Gasteiger partial charge in [0.15, 0.2) is 0 Å². The molecular weight excluding hydrogens is 338 g/mol. The molecule has 1 heteroatoms. The largest absolute Gasteiger partial charge is 0.197 e. The maximum absolute atomic E-state index is 10.6. The summed E-state index contributed by atoms with van der Waals surface area (Å²) < 4.78 is 0. The Morgan fingerprint density at radius 1 is 0.750 bits per heavy atom. The van der Waals surface area contributed by atoms with Gasteiger partial charge in [0.05, 0.1) is 6.07 Å². The monoisotopic (exact) mass is 375 g/mol. The average Bonchev–Trinajstić information content (AvgIpc) is 2.70. The van der Waals surface area contributed by atoms with E-state index in [0.29, 0.717) is 0 Å². The van der Waals surface area contributed by atoms with Crippen molar-refractivity contribution in [2.24, 2.45) is 11.3 Å². The highest BCUT2D eigenvalue weighted by atomic mass is 14.5. The molecule has 0 saturated carbocycles. The van der Waals surface area contributed by atoms with Gasteiger partial charge in [-0.15, -0.1) is 0 Å². The third kappa shape index (κ3) is 5.26. The van der Waals surface area contributed by atoms with E-state index in [0.717, 1.165) is 17.5 Å². The smallest absolute Gasteiger partial charge is 0.110 e. The standard InChI is InChI=1S/C27H37N/c1-5-6-7-8-9-16-21-25(26(2,3)4)27(22-28,23-17-12-10-13-18-23)24-19-14-11-15-20-24/h10-15,17-20,25H,5-9,16,21H2,1-4H3. The summed E-state index contributed by atoms with van der Waals surface area (Å²) in [5.41, 5.74) is 1.65. The first-order chi connectivity index (χ1) is 13.5. The molecule has 0 amide bonds. The molecule has 28 heavy (non-hydrogen) atoms. The van der Waals surface area contributed by atoms with Crippen LogP contribution in [-0.2, 0) is 5.41 Å². The fourth-order valence-electron chi connectivity index (χ4n) is 4.61. The Hall–Kier alpha value is -2.07. The number of hydrogen-bond donors (Lipinski definition) is 0. The number of unbranched alkanes of at least 4 members (excludes halogenated alkanes) is 5. The Bertz CT molecular complexity index is 679. The zero-order chi connectivity index (χ0) is 20.5. The minimum atomic E-state index is -0.621. The molecule has 2 rings (SSSR count). The first-order valence-corrected chi connectivity index (χ1v) is 11.0. The van der Waals surface area contributed by atoms with E-state index >= 15 is 0 Å². The van der Waals surface area contributed by atoms with Crippen molar-refractivity contribution in [1.29, 1.82) is 5.26 Å². The van der Waals surface area contributed by atoms with Crippen molar-refractivity contribution < 1.29 is 0 Å². The molecule has 2 aromatic rings. The second-order valence-electron chi connectivity index (χ2n) is 9.13. The zero-order valence-electron chi connectivity index (χ0n) is 18.2. The third-order valence-corrected chi connectivity index (χ3v) is 6.05. The van der Waals surface area contributed by atoms with Gasteiger partial charge >= 0.3 is 0 Å². The molecule has 0 fully saturated rings. The molecule has 0 radical (unpaired) electrons. The van der Waals surface area contributed by atoms with E-state index in [1.807, 2.05) is 12.1 Å². The van der Waals surface area contributed by atoms with E-state index < -0.39 is 5.41 Å². The first-order valence-electron chi connectivity index (χ1n) is 11.0. The molecule has 0 saturated heterocycles. The van der Waals surface area contributed by atoms with Crippen LogP contribution in [0.4, 0.5) is 0 Å². The lowest BCUT2D eigenvalue weighted by Crippen LogP contribution is -2.42. The minimum Gasteiger partial charge on any atom is -0.197 e. The second kappa shape index (κ2) is 10.5. The highest BCUT2D eigenvalue weighted by molar-refractivity contribution is 5.47. The molecule has 1 nitrogen and oxygen atoms in total. The summed E-state index contributed by atoms with van der Waals surface area (Å²) in [5.74, 6) is 0.251. The third-order valence-electron chi connectivity index (χ3n) is 6.05. The number of nitriles is 1. The molecule has 0 spiro atoms. The fourth-order valence-corrected chi connectivity index (χ4v) is 4.61. The van der Waals surface area contributed by atoms with Gasteiger partial charge in [-0.25, -0.2) is 0 Å². The minimum absolute atomic E-state index is 0.0326. The normalized spacial score (nSPS) is 13.1. The number of nitrogens with zero attached hydrogens (tertiary/aromatic N) is 1. The van der Waals surface area contributed by atoms with Crippen LogP contribution in [0.3, 0.4) is 0 Å². The maximum atomic E-state index is 10.6. The Morgan fingerprint density at radius 3 is 1.64 bits per heavy atom. The van der Waals surface area contributed by atoms with E-state index in [9.17, 15) is 5.26 Å². The van der Waals surface area contributed by atoms with Gasteiger partial charge < -0.3 is 0 Å². The summed E-state index contributed by atoms with van der Waals surface area (Å²) in [6.45, 7) is 9.16. The number of rotatable bonds is 10. The summed E-state index contributed by atoms with van der Waals surface area (Å²) in [4.78, 5) is 0. The Morgan fingerprint density at radius 2 is 1.21 bits per heavy atom. The molecule has 0 heterocycles. The van der Waals surface area contributed by atoms with Gasteiger partial charge in [0, 0.05) is 0 Å². The topological polar surface area (TPSA) is 23.8 Å². The summed E-state index contributed by atoms with van der Waals surface area (Å²) in [7, 11) is 0. The summed E-state index contributed by atoms with van der Waals surface area (Å²) in [6.07, 6.45) is 8.78. The molecule has 2 aromatic carbocycles. The SMILES string of the molecule is CCCCCCCCC(C(C)(C)C)C(C#N)(c1ccccc1)c1ccccc1. The van der Waals surface area contributed by atoms with Crippen LogP contribution in [0.25, 0.3) is 0 Å². The molecule has 0 aliphatic carbocycles. The lowest BCUT2D eigenvalue weighted by Gasteiger charge is -2.44. The van der Waals surface area contributed by atoms with Crippen molar-refractivity contribution in [1.82, 2.24) is 0 Å². The molecule has 150 valence electrons. The first kappa shape index (κ1) is 22.2. The van der Waals surface area contributed by atoms with Crippen LogP contribution < -0.4 is 0 Å². The molecular formula is C27H37N. The van der Waals surface area contributed by atoms with Crippen LogP contribution >= 0.6 is 0 Å². The van der Waals surface area contributed by atoms with Gasteiger partial charge in [0.25, 0.3) is 0 Å². The zero-order valence-corrected chi connectivity index (χ0v) is 18.2. The highest BCUT2D eigenvalue weighted by Gasteiger charge is 2.47. The van der Waals surface area contributed by atoms with E-state index in [1.54, 1.807) is 0 Å². The molecule has 0 aliphatic heterocycles. The highest BCUT2D eigenvalue weighted by Crippen LogP contribution is 2.49. The lowest BCUT2D eigenvalue weighted by atomic mass is 9.57. The summed E-state index contributed by atoms with van der Waals surface area (Å²) in [5, 5.41) is 10.6. The van der Waals surface area contributed by atoms with E-state index in [-0.39, 0.29) is 11.3 Å². The molecule has 0 bridgehead atoms. The summed E-state index contributed by atoms with van der Waals surface area (Å²) >= 11 is 0. The maximum Gasteiger partial charge on any atom is 0.110 e. The van der Waals surface area contributed by atoms with E-state index in [1.165, 1.54) is 38.5 Å². The molecule has 0 aliphatic rings. The second-order valence-corrected chi connectivity index (χ2v) is 9.13. The van der Waals surface area contributed by atoms with Crippen LogP contribution in [0.5, 0.6) is 0 Å². The molecule has 1 atom stereocenters. The Balaban J connectivity index is 2.41. The van der Waals surface area contributed by atoms with Gasteiger partial charge in [0.1, 0.15) is 5.41 Å². The van der Waals surface area contributed by atoms with Gasteiger partial charge in [-0.05, 0) is 28.9 Å². The van der Waals surface area contributed by atoms with Crippen molar-refractivity contribution in [3.8, 4) is 6.07 Å². The Kier molecular flexibility index (Phi) is 8.31. The van der Waals surface area contributed by atoms with Gasteiger partial charge in [0.2, 0.25) is 0 Å². The molecule has 0 N–H and O–H groups in total. The van der Waals surface area contributed by atoms with Gasteiger partial charge in [-0.2, -0.15) is 5.26 Å². The van der Waals surface area contributed by atoms with Crippen molar-refractivity contribution in [3.63, 3.8) is 0 Å². The van der Waals surface area contributed by atoms with Crippen molar-refractivity contribution in [3.05, 3.63) is 71.8 Å². The van der Waals surface area contributed by atoms with Crippen LogP contribution in [0, 0.1) is 22.7 Å². The number of hydrogen-bond acceptors (Lipinski definition) is 1. The van der Waals surface area contributed by atoms with Crippen molar-refractivity contribution >= 4 is 0 Å². The van der Waals surface area contributed by atoms with Crippen LogP contribution in [0.2, 0.25) is 0 Å². The van der Waals surface area contributed by atoms with E-state index in [4.69, 9.17) is 0 Å². The number of benzene rings is 2. The predicted molar refractivity (Wildman–Crippen MR) is 120 cm³/mol. The van der Waals surface area contributed by atoms with Crippen LogP contribution in [0.1, 0.15) is 83.8 Å². The molecule has 0 aromatic heterocycles. The quantitative estimate of drug-likeness (QED) is 0.387. The van der Waals surface area contributed by atoms with E-state index in [2.05, 4.69) is 82.3 Å². The van der Waals surface area contributed by atoms with Crippen molar-refractivity contribution in [2.45, 2.75) is 78.1 Å². The average molecular weight is 376 g/mol. The van der Waals surface area contributed by atoms with Gasteiger partial charge in [-0.3, -0.25) is 0 Å². The van der Waals surface area contributed by atoms with Gasteiger partial charge in [-0.1, -0.05) is 127 Å². The summed E-state index contributed by atoms with van der Waals surface area (Å²) in [6, 6.07) is 23.7. The molecule has 1 unspecified atom stereocenters. The fraction of sp³-hybridized carbons (Fsp3) is 0.519. The van der Waals surface area contributed by atoms with Crippen molar-refractivity contribution in [2.75, 3.05) is 0 Å².